The molecule has 2 rings (SSSR count). The standard InChI is InChI=1S/C10H11I/c11-10-7-2-1-6-9(10)8-4-3-5-8/h1-2,6-8H,3-5H2. The summed E-state index contributed by atoms with van der Waals surface area (Å²) in [5, 5.41) is 0. The molecular weight excluding hydrogens is 247 g/mol. The fourth-order valence-corrected chi connectivity index (χ4v) is 2.35. The first-order chi connectivity index (χ1) is 5.38. The molecule has 11 heavy (non-hydrogen) atoms. The van der Waals surface area contributed by atoms with Crippen LogP contribution >= 0.6 is 22.6 Å². The molecule has 1 fully saturated rings. The molecule has 1 aromatic carbocycles. The monoisotopic (exact) mass is 258 g/mol. The van der Waals surface area contributed by atoms with Crippen molar-refractivity contribution >= 4 is 22.6 Å². The highest BCUT2D eigenvalue weighted by molar-refractivity contribution is 14.1. The summed E-state index contributed by atoms with van der Waals surface area (Å²) in [6.07, 6.45) is 4.23. The Labute approximate surface area is 81.1 Å². The van der Waals surface area contributed by atoms with Gasteiger partial charge in [0.1, 0.15) is 0 Å². The van der Waals surface area contributed by atoms with Gasteiger partial charge in [-0.2, -0.15) is 0 Å². The van der Waals surface area contributed by atoms with Crippen LogP contribution in [0.15, 0.2) is 24.3 Å². The highest BCUT2D eigenvalue weighted by atomic mass is 127. The molecule has 1 saturated carbocycles. The Morgan fingerprint density at radius 2 is 1.91 bits per heavy atom. The van der Waals surface area contributed by atoms with Gasteiger partial charge in [-0.3, -0.25) is 0 Å². The summed E-state index contributed by atoms with van der Waals surface area (Å²) in [6.45, 7) is 0. The third-order valence-electron chi connectivity index (χ3n) is 2.45. The molecule has 1 heteroatoms. The lowest BCUT2D eigenvalue weighted by atomic mass is 9.80. The molecule has 0 unspecified atom stereocenters. The van der Waals surface area contributed by atoms with Crippen LogP contribution in [0, 0.1) is 3.57 Å². The first-order valence-corrected chi connectivity index (χ1v) is 5.20. The molecule has 0 nitrogen and oxygen atoms in total. The van der Waals surface area contributed by atoms with E-state index >= 15 is 0 Å². The highest BCUT2D eigenvalue weighted by Crippen LogP contribution is 2.38. The molecule has 58 valence electrons. The van der Waals surface area contributed by atoms with Crippen LogP contribution in [-0.2, 0) is 0 Å². The first-order valence-electron chi connectivity index (χ1n) is 4.12. The van der Waals surface area contributed by atoms with Crippen molar-refractivity contribution in [1.29, 1.82) is 0 Å². The molecule has 0 saturated heterocycles. The minimum atomic E-state index is 0.878. The van der Waals surface area contributed by atoms with Gasteiger partial charge in [-0.15, -0.1) is 0 Å². The maximum Gasteiger partial charge on any atom is 0.0165 e. The second kappa shape index (κ2) is 3.13. The number of halogens is 1. The average molecular weight is 258 g/mol. The summed E-state index contributed by atoms with van der Waals surface area (Å²) in [5.74, 6) is 0.878. The maximum atomic E-state index is 2.43. The summed E-state index contributed by atoms with van der Waals surface area (Å²) in [7, 11) is 0. The van der Waals surface area contributed by atoms with E-state index in [0.29, 0.717) is 0 Å². The molecule has 0 spiro atoms. The SMILES string of the molecule is Ic1ccccc1C1CCC1. The predicted octanol–water partition coefficient (Wildman–Crippen LogP) is 3.56. The summed E-state index contributed by atoms with van der Waals surface area (Å²) < 4.78 is 1.44. The van der Waals surface area contributed by atoms with Gasteiger partial charge in [0.05, 0.1) is 0 Å². The third-order valence-corrected chi connectivity index (χ3v) is 3.43. The van der Waals surface area contributed by atoms with Crippen molar-refractivity contribution in [1.82, 2.24) is 0 Å². The molecule has 1 aliphatic rings. The second-order valence-electron chi connectivity index (χ2n) is 3.15. The quantitative estimate of drug-likeness (QED) is 0.675. The Morgan fingerprint density at radius 3 is 2.45 bits per heavy atom. The molecule has 0 heterocycles. The minimum absolute atomic E-state index is 0.878. The Kier molecular flexibility index (Phi) is 2.16. The predicted molar refractivity (Wildman–Crippen MR) is 55.8 cm³/mol. The van der Waals surface area contributed by atoms with Crippen molar-refractivity contribution in [2.45, 2.75) is 25.2 Å². The first kappa shape index (κ1) is 7.59. The van der Waals surface area contributed by atoms with E-state index in [0.717, 1.165) is 5.92 Å². The van der Waals surface area contributed by atoms with E-state index in [1.165, 1.54) is 22.8 Å². The molecule has 0 aromatic heterocycles. The van der Waals surface area contributed by atoms with E-state index in [4.69, 9.17) is 0 Å². The van der Waals surface area contributed by atoms with Crippen molar-refractivity contribution in [3.8, 4) is 0 Å². The highest BCUT2D eigenvalue weighted by Gasteiger charge is 2.20. The Bertz CT molecular complexity index is 251. The molecular formula is C10H11I. The van der Waals surface area contributed by atoms with Gasteiger partial charge >= 0.3 is 0 Å². The van der Waals surface area contributed by atoms with E-state index in [-0.39, 0.29) is 0 Å². The fraction of sp³-hybridized carbons (Fsp3) is 0.400. The van der Waals surface area contributed by atoms with Crippen LogP contribution in [0.1, 0.15) is 30.7 Å². The van der Waals surface area contributed by atoms with Crippen molar-refractivity contribution in [3.63, 3.8) is 0 Å². The van der Waals surface area contributed by atoms with Crippen molar-refractivity contribution in [2.24, 2.45) is 0 Å². The summed E-state index contributed by atoms with van der Waals surface area (Å²) >= 11 is 2.43. The van der Waals surface area contributed by atoms with Crippen LogP contribution in [0.4, 0.5) is 0 Å². The molecule has 0 N–H and O–H groups in total. The van der Waals surface area contributed by atoms with Crippen LogP contribution in [0.5, 0.6) is 0 Å². The molecule has 1 aromatic rings. The van der Waals surface area contributed by atoms with Gasteiger partial charge in [0.15, 0.2) is 0 Å². The van der Waals surface area contributed by atoms with Gasteiger partial charge in [0, 0.05) is 3.57 Å². The number of hydrogen-bond donors (Lipinski definition) is 0. The number of rotatable bonds is 1. The average Bonchev–Trinajstić information content (AvgIpc) is 1.90. The zero-order valence-electron chi connectivity index (χ0n) is 6.39. The van der Waals surface area contributed by atoms with E-state index in [1.807, 2.05) is 0 Å². The molecule has 0 bridgehead atoms. The zero-order valence-corrected chi connectivity index (χ0v) is 8.54. The molecule has 0 radical (unpaired) electrons. The molecule has 0 aliphatic heterocycles. The normalized spacial score (nSPS) is 17.9. The van der Waals surface area contributed by atoms with E-state index in [9.17, 15) is 0 Å². The summed E-state index contributed by atoms with van der Waals surface area (Å²) in [4.78, 5) is 0. The van der Waals surface area contributed by atoms with Gasteiger partial charge in [-0.25, -0.2) is 0 Å². The zero-order chi connectivity index (χ0) is 7.68. The lowest BCUT2D eigenvalue weighted by Crippen LogP contribution is -2.09. The fourth-order valence-electron chi connectivity index (χ4n) is 1.53. The van der Waals surface area contributed by atoms with Gasteiger partial charge in [0.2, 0.25) is 0 Å². The lowest BCUT2D eigenvalue weighted by Gasteiger charge is -2.26. The summed E-state index contributed by atoms with van der Waals surface area (Å²) in [6, 6.07) is 8.74. The Balaban J connectivity index is 2.28. The van der Waals surface area contributed by atoms with Gasteiger partial charge in [-0.1, -0.05) is 24.6 Å². The third kappa shape index (κ3) is 1.43. The molecule has 1 aliphatic carbocycles. The van der Waals surface area contributed by atoms with Crippen molar-refractivity contribution < 1.29 is 0 Å². The van der Waals surface area contributed by atoms with E-state index in [2.05, 4.69) is 46.9 Å². The van der Waals surface area contributed by atoms with Crippen LogP contribution < -0.4 is 0 Å². The van der Waals surface area contributed by atoms with Crippen LogP contribution in [-0.4, -0.2) is 0 Å². The van der Waals surface area contributed by atoms with Gasteiger partial charge < -0.3 is 0 Å². The van der Waals surface area contributed by atoms with Crippen LogP contribution in [0.25, 0.3) is 0 Å². The van der Waals surface area contributed by atoms with E-state index in [1.54, 1.807) is 5.56 Å². The molecule has 0 amide bonds. The smallest absolute Gasteiger partial charge is 0.0165 e. The Morgan fingerprint density at radius 1 is 1.18 bits per heavy atom. The second-order valence-corrected chi connectivity index (χ2v) is 4.31. The number of benzene rings is 1. The van der Waals surface area contributed by atoms with Crippen LogP contribution in [0.2, 0.25) is 0 Å². The lowest BCUT2D eigenvalue weighted by molar-refractivity contribution is 0.418. The summed E-state index contributed by atoms with van der Waals surface area (Å²) in [5.41, 5.74) is 1.57. The molecule has 0 atom stereocenters. The largest absolute Gasteiger partial charge is 0.0619 e. The van der Waals surface area contributed by atoms with Gasteiger partial charge in [0.25, 0.3) is 0 Å². The number of hydrogen-bond acceptors (Lipinski definition) is 0. The maximum absolute atomic E-state index is 2.43. The minimum Gasteiger partial charge on any atom is -0.0619 e. The van der Waals surface area contributed by atoms with Crippen molar-refractivity contribution in [2.75, 3.05) is 0 Å². The van der Waals surface area contributed by atoms with Gasteiger partial charge in [-0.05, 0) is 53.0 Å². The van der Waals surface area contributed by atoms with Crippen LogP contribution in [0.3, 0.4) is 0 Å². The Hall–Kier alpha value is -0.0500. The van der Waals surface area contributed by atoms with E-state index < -0.39 is 0 Å². The van der Waals surface area contributed by atoms with Crippen molar-refractivity contribution in [3.05, 3.63) is 33.4 Å². The topological polar surface area (TPSA) is 0 Å².